The molecule has 0 bridgehead atoms. The number of hydrogen-bond acceptors (Lipinski definition) is 3. The second-order valence-corrected chi connectivity index (χ2v) is 4.94. The summed E-state index contributed by atoms with van der Waals surface area (Å²) in [5.74, 6) is -0.790. The maximum atomic E-state index is 12.5. The van der Waals surface area contributed by atoms with Crippen LogP contribution in [-0.2, 0) is 15.1 Å². The predicted octanol–water partition coefficient (Wildman–Crippen LogP) is 2.89. The summed E-state index contributed by atoms with van der Waals surface area (Å²) in [7, 11) is 1.32. The zero-order valence-electron chi connectivity index (χ0n) is 12.7. The molecule has 0 radical (unpaired) electrons. The minimum atomic E-state index is -1.19. The third-order valence-electron chi connectivity index (χ3n) is 3.69. The highest BCUT2D eigenvalue weighted by Crippen LogP contribution is 2.27. The minimum absolute atomic E-state index is 0.309. The Labute approximate surface area is 130 Å². The van der Waals surface area contributed by atoms with Crippen molar-refractivity contribution >= 4 is 11.9 Å². The third-order valence-corrected chi connectivity index (χ3v) is 3.69. The number of rotatable bonds is 5. The molecule has 22 heavy (non-hydrogen) atoms. The zero-order chi connectivity index (χ0) is 16.0. The van der Waals surface area contributed by atoms with Crippen LogP contribution in [0, 0.1) is 0 Å². The molecular weight excluding hydrogens is 278 g/mol. The van der Waals surface area contributed by atoms with E-state index in [1.54, 1.807) is 24.3 Å². The number of benzene rings is 2. The Hall–Kier alpha value is -2.62. The molecule has 2 aromatic rings. The summed E-state index contributed by atoms with van der Waals surface area (Å²) >= 11 is 0. The SMILES string of the molecule is CC[C@](NC(=O)c1ccccc1)(C(=O)OC)c1ccccc1. The van der Waals surface area contributed by atoms with Crippen molar-refractivity contribution in [3.8, 4) is 0 Å². The standard InChI is InChI=1S/C18H19NO3/c1-3-18(17(21)22-2,15-12-8-5-9-13-15)19-16(20)14-10-6-4-7-11-14/h4-13H,3H2,1-2H3,(H,19,20)/t18-/m1/s1. The van der Waals surface area contributed by atoms with Crippen LogP contribution in [0.3, 0.4) is 0 Å². The lowest BCUT2D eigenvalue weighted by Gasteiger charge is -2.31. The van der Waals surface area contributed by atoms with Gasteiger partial charge in [-0.1, -0.05) is 55.5 Å². The Kier molecular flexibility index (Phi) is 4.94. The molecule has 0 aliphatic rings. The van der Waals surface area contributed by atoms with Gasteiger partial charge in [0.15, 0.2) is 5.54 Å². The van der Waals surface area contributed by atoms with Crippen molar-refractivity contribution < 1.29 is 14.3 Å². The average molecular weight is 297 g/mol. The molecule has 0 aliphatic heterocycles. The van der Waals surface area contributed by atoms with Crippen molar-refractivity contribution in [2.75, 3.05) is 7.11 Å². The molecular formula is C18H19NO3. The van der Waals surface area contributed by atoms with Crippen LogP contribution in [0.4, 0.5) is 0 Å². The monoisotopic (exact) mass is 297 g/mol. The van der Waals surface area contributed by atoms with Gasteiger partial charge in [0.1, 0.15) is 0 Å². The summed E-state index contributed by atoms with van der Waals surface area (Å²) in [4.78, 5) is 24.9. The molecule has 0 unspecified atom stereocenters. The first-order chi connectivity index (χ1) is 10.6. The van der Waals surface area contributed by atoms with Crippen molar-refractivity contribution in [1.29, 1.82) is 0 Å². The summed E-state index contributed by atoms with van der Waals surface area (Å²) in [6.45, 7) is 1.84. The van der Waals surface area contributed by atoms with Gasteiger partial charge in [0, 0.05) is 5.56 Å². The van der Waals surface area contributed by atoms with Gasteiger partial charge in [0.2, 0.25) is 0 Å². The molecule has 4 nitrogen and oxygen atoms in total. The summed E-state index contributed by atoms with van der Waals surface area (Å²) < 4.78 is 4.94. The smallest absolute Gasteiger partial charge is 0.336 e. The highest BCUT2D eigenvalue weighted by molar-refractivity contribution is 5.98. The normalized spacial score (nSPS) is 13.0. The van der Waals surface area contributed by atoms with E-state index in [-0.39, 0.29) is 5.91 Å². The Morgan fingerprint density at radius 2 is 1.55 bits per heavy atom. The average Bonchev–Trinajstić information content (AvgIpc) is 2.60. The third kappa shape index (κ3) is 3.01. The van der Waals surface area contributed by atoms with Crippen LogP contribution in [-0.4, -0.2) is 19.0 Å². The van der Waals surface area contributed by atoms with Gasteiger partial charge < -0.3 is 10.1 Å². The molecule has 1 atom stereocenters. The van der Waals surface area contributed by atoms with E-state index in [1.165, 1.54) is 7.11 Å². The van der Waals surface area contributed by atoms with Crippen molar-refractivity contribution in [3.63, 3.8) is 0 Å². The van der Waals surface area contributed by atoms with Crippen LogP contribution in [0.2, 0.25) is 0 Å². The molecule has 1 amide bonds. The molecule has 0 aliphatic carbocycles. The number of methoxy groups -OCH3 is 1. The molecule has 2 aromatic carbocycles. The van der Waals surface area contributed by atoms with Crippen molar-refractivity contribution in [3.05, 3.63) is 71.8 Å². The first-order valence-corrected chi connectivity index (χ1v) is 7.15. The lowest BCUT2D eigenvalue weighted by Crippen LogP contribution is -2.52. The quantitative estimate of drug-likeness (QED) is 0.863. The first-order valence-electron chi connectivity index (χ1n) is 7.15. The topological polar surface area (TPSA) is 55.4 Å². The largest absolute Gasteiger partial charge is 0.467 e. The highest BCUT2D eigenvalue weighted by Gasteiger charge is 2.41. The number of esters is 1. The molecule has 2 rings (SSSR count). The molecule has 0 aromatic heterocycles. The molecule has 0 saturated heterocycles. The van der Waals surface area contributed by atoms with E-state index in [2.05, 4.69) is 5.32 Å². The Morgan fingerprint density at radius 3 is 2.05 bits per heavy atom. The number of carbonyl (C=O) groups is 2. The van der Waals surface area contributed by atoms with Crippen molar-refractivity contribution in [1.82, 2.24) is 5.32 Å². The summed E-state index contributed by atoms with van der Waals surface area (Å²) in [6, 6.07) is 18.0. The zero-order valence-corrected chi connectivity index (χ0v) is 12.7. The Balaban J connectivity index is 2.41. The van der Waals surface area contributed by atoms with E-state index in [1.807, 2.05) is 43.3 Å². The first kappa shape index (κ1) is 15.8. The van der Waals surface area contributed by atoms with Crippen LogP contribution in [0.5, 0.6) is 0 Å². The van der Waals surface area contributed by atoms with Gasteiger partial charge in [-0.15, -0.1) is 0 Å². The van der Waals surface area contributed by atoms with Gasteiger partial charge in [0.25, 0.3) is 5.91 Å². The molecule has 1 N–H and O–H groups in total. The van der Waals surface area contributed by atoms with E-state index in [0.717, 1.165) is 0 Å². The lowest BCUT2D eigenvalue weighted by atomic mass is 9.86. The lowest BCUT2D eigenvalue weighted by molar-refractivity contribution is -0.149. The fourth-order valence-electron chi connectivity index (χ4n) is 2.43. The van der Waals surface area contributed by atoms with E-state index in [9.17, 15) is 9.59 Å². The van der Waals surface area contributed by atoms with Gasteiger partial charge in [-0.2, -0.15) is 0 Å². The summed E-state index contributed by atoms with van der Waals surface area (Å²) in [6.07, 6.45) is 0.391. The number of ether oxygens (including phenoxy) is 1. The predicted molar refractivity (Wildman–Crippen MR) is 84.3 cm³/mol. The van der Waals surface area contributed by atoms with Gasteiger partial charge in [-0.3, -0.25) is 4.79 Å². The van der Waals surface area contributed by atoms with E-state index in [0.29, 0.717) is 17.5 Å². The van der Waals surface area contributed by atoms with Crippen LogP contribution < -0.4 is 5.32 Å². The van der Waals surface area contributed by atoms with E-state index < -0.39 is 11.5 Å². The van der Waals surface area contributed by atoms with Crippen molar-refractivity contribution in [2.45, 2.75) is 18.9 Å². The highest BCUT2D eigenvalue weighted by atomic mass is 16.5. The summed E-state index contributed by atoms with van der Waals surface area (Å²) in [5.41, 5.74) is 0.0111. The molecule has 0 spiro atoms. The molecule has 114 valence electrons. The maximum Gasteiger partial charge on any atom is 0.336 e. The van der Waals surface area contributed by atoms with Gasteiger partial charge >= 0.3 is 5.97 Å². The summed E-state index contributed by atoms with van der Waals surface area (Å²) in [5, 5.41) is 2.85. The fraction of sp³-hybridized carbons (Fsp3) is 0.222. The number of nitrogens with one attached hydrogen (secondary N) is 1. The minimum Gasteiger partial charge on any atom is -0.467 e. The second-order valence-electron chi connectivity index (χ2n) is 4.94. The second kappa shape index (κ2) is 6.89. The van der Waals surface area contributed by atoms with Crippen LogP contribution >= 0.6 is 0 Å². The van der Waals surface area contributed by atoms with E-state index in [4.69, 9.17) is 4.74 Å². The van der Waals surface area contributed by atoms with Crippen LogP contribution in [0.1, 0.15) is 29.3 Å². The number of carbonyl (C=O) groups excluding carboxylic acids is 2. The molecule has 0 fully saturated rings. The van der Waals surface area contributed by atoms with Gasteiger partial charge in [-0.05, 0) is 24.1 Å². The fourth-order valence-corrected chi connectivity index (χ4v) is 2.43. The molecule has 0 saturated carbocycles. The van der Waals surface area contributed by atoms with Crippen LogP contribution in [0.15, 0.2) is 60.7 Å². The number of amides is 1. The molecule has 0 heterocycles. The van der Waals surface area contributed by atoms with Gasteiger partial charge in [0.05, 0.1) is 7.11 Å². The van der Waals surface area contributed by atoms with Gasteiger partial charge in [-0.25, -0.2) is 4.79 Å². The Morgan fingerprint density at radius 1 is 1.00 bits per heavy atom. The van der Waals surface area contributed by atoms with Crippen LogP contribution in [0.25, 0.3) is 0 Å². The Bertz CT molecular complexity index is 640. The van der Waals surface area contributed by atoms with E-state index >= 15 is 0 Å². The molecule has 4 heteroatoms. The van der Waals surface area contributed by atoms with Crippen molar-refractivity contribution in [2.24, 2.45) is 0 Å². The maximum absolute atomic E-state index is 12.5. The number of hydrogen-bond donors (Lipinski definition) is 1.